The molecular weight excluding hydrogens is 440 g/mol. The SMILES string of the molecule is Cn1nc(C(F)(F)C(F)(F)F)c(OC(F)F)c1-n1cc(BOC(C)(C)C(C)(C)O)cn1. The van der Waals surface area contributed by atoms with Crippen LogP contribution in [0.4, 0.5) is 30.7 Å². The van der Waals surface area contributed by atoms with Crippen molar-refractivity contribution in [1.29, 1.82) is 0 Å². The molecule has 2 aromatic rings. The molecule has 0 fully saturated rings. The fourth-order valence-electron chi connectivity index (χ4n) is 2.28. The summed E-state index contributed by atoms with van der Waals surface area (Å²) < 4.78 is 103. The lowest BCUT2D eigenvalue weighted by molar-refractivity contribution is -0.291. The summed E-state index contributed by atoms with van der Waals surface area (Å²) in [5.41, 5.74) is -3.96. The van der Waals surface area contributed by atoms with Crippen molar-refractivity contribution in [1.82, 2.24) is 19.6 Å². The Morgan fingerprint density at radius 3 is 2.16 bits per heavy atom. The van der Waals surface area contributed by atoms with Gasteiger partial charge in [0.1, 0.15) is 0 Å². The van der Waals surface area contributed by atoms with E-state index in [0.29, 0.717) is 10.1 Å². The van der Waals surface area contributed by atoms with E-state index in [1.54, 1.807) is 13.8 Å². The standard InChI is InChI=1S/C16H20BF7N4O3/c1-13(2,29)14(3,4)31-17-8-6-25-28(7-8)11-9(30-12(18)19)10(26-27(11)5)15(20,21)16(22,23)24/h6-7,12,17,29H,1-5H3. The Kier molecular flexibility index (Phi) is 6.45. The van der Waals surface area contributed by atoms with Crippen LogP contribution in [-0.4, -0.2) is 56.1 Å². The molecule has 174 valence electrons. The van der Waals surface area contributed by atoms with Crippen LogP contribution in [0, 0.1) is 0 Å². The summed E-state index contributed by atoms with van der Waals surface area (Å²) in [4.78, 5) is 0. The Morgan fingerprint density at radius 2 is 1.68 bits per heavy atom. The second-order valence-corrected chi connectivity index (χ2v) is 7.73. The van der Waals surface area contributed by atoms with Gasteiger partial charge in [-0.3, -0.25) is 0 Å². The van der Waals surface area contributed by atoms with Gasteiger partial charge in [-0.15, -0.1) is 0 Å². The van der Waals surface area contributed by atoms with E-state index in [0.717, 1.165) is 17.9 Å². The predicted molar refractivity (Wildman–Crippen MR) is 95.2 cm³/mol. The summed E-state index contributed by atoms with van der Waals surface area (Å²) in [7, 11) is 0.838. The highest BCUT2D eigenvalue weighted by Gasteiger charge is 2.62. The fraction of sp³-hybridized carbons (Fsp3) is 0.625. The third-order valence-electron chi connectivity index (χ3n) is 4.76. The molecule has 0 radical (unpaired) electrons. The van der Waals surface area contributed by atoms with Gasteiger partial charge in [-0.2, -0.15) is 40.9 Å². The Labute approximate surface area is 173 Å². The average Bonchev–Trinajstić information content (AvgIpc) is 3.15. The van der Waals surface area contributed by atoms with Gasteiger partial charge in [0.2, 0.25) is 0 Å². The van der Waals surface area contributed by atoms with Crippen LogP contribution in [0.1, 0.15) is 33.4 Å². The van der Waals surface area contributed by atoms with Gasteiger partial charge in [-0.05, 0) is 33.2 Å². The van der Waals surface area contributed by atoms with Gasteiger partial charge < -0.3 is 14.5 Å². The number of hydrogen-bond donors (Lipinski definition) is 1. The van der Waals surface area contributed by atoms with Crippen molar-refractivity contribution in [2.75, 3.05) is 0 Å². The van der Waals surface area contributed by atoms with Crippen LogP contribution in [0.2, 0.25) is 0 Å². The summed E-state index contributed by atoms with van der Waals surface area (Å²) >= 11 is 0. The molecule has 0 aromatic carbocycles. The van der Waals surface area contributed by atoms with Gasteiger partial charge in [-0.1, -0.05) is 0 Å². The number of halogens is 7. The van der Waals surface area contributed by atoms with E-state index in [2.05, 4.69) is 14.9 Å². The zero-order chi connectivity index (χ0) is 24.0. The number of aryl methyl sites for hydroxylation is 1. The third-order valence-corrected chi connectivity index (χ3v) is 4.76. The Balaban J connectivity index is 2.46. The molecule has 0 aliphatic heterocycles. The van der Waals surface area contributed by atoms with Gasteiger partial charge in [0.25, 0.3) is 0 Å². The van der Waals surface area contributed by atoms with Crippen LogP contribution in [-0.2, 0) is 17.6 Å². The number of alkyl halides is 7. The number of nitrogens with zero attached hydrogens (tertiary/aromatic N) is 4. The van der Waals surface area contributed by atoms with Crippen molar-refractivity contribution in [3.8, 4) is 11.6 Å². The Bertz CT molecular complexity index is 919. The first kappa shape index (κ1) is 25.0. The largest absolute Gasteiger partial charge is 0.459 e. The molecule has 0 bridgehead atoms. The smallest absolute Gasteiger partial charge is 0.428 e. The quantitative estimate of drug-likeness (QED) is 0.484. The summed E-state index contributed by atoms with van der Waals surface area (Å²) in [5.74, 6) is -7.69. The molecule has 2 aromatic heterocycles. The molecule has 1 N–H and O–H groups in total. The summed E-state index contributed by atoms with van der Waals surface area (Å²) in [6, 6.07) is 0. The molecule has 2 heterocycles. The van der Waals surface area contributed by atoms with Gasteiger partial charge in [0.15, 0.2) is 17.3 Å². The number of aromatic nitrogens is 4. The highest BCUT2D eigenvalue weighted by atomic mass is 19.4. The van der Waals surface area contributed by atoms with Crippen molar-refractivity contribution in [2.45, 2.75) is 57.6 Å². The van der Waals surface area contributed by atoms with Gasteiger partial charge in [0, 0.05) is 19.4 Å². The lowest BCUT2D eigenvalue weighted by Crippen LogP contribution is -2.49. The van der Waals surface area contributed by atoms with Crippen LogP contribution in [0.3, 0.4) is 0 Å². The lowest BCUT2D eigenvalue weighted by atomic mass is 9.84. The van der Waals surface area contributed by atoms with E-state index in [1.807, 2.05) is 0 Å². The molecule has 0 aliphatic rings. The van der Waals surface area contributed by atoms with Crippen LogP contribution >= 0.6 is 0 Å². The molecule has 0 unspecified atom stereocenters. The van der Waals surface area contributed by atoms with E-state index >= 15 is 0 Å². The first-order chi connectivity index (χ1) is 13.9. The zero-order valence-corrected chi connectivity index (χ0v) is 17.1. The van der Waals surface area contributed by atoms with Crippen LogP contribution < -0.4 is 10.2 Å². The summed E-state index contributed by atoms with van der Waals surface area (Å²) in [6.45, 7) is 2.55. The van der Waals surface area contributed by atoms with Crippen LogP contribution in [0.15, 0.2) is 12.4 Å². The third kappa shape index (κ3) is 4.97. The number of rotatable bonds is 8. The van der Waals surface area contributed by atoms with Gasteiger partial charge in [-0.25, -0.2) is 9.36 Å². The van der Waals surface area contributed by atoms with Crippen LogP contribution in [0.5, 0.6) is 5.75 Å². The maximum Gasteiger partial charge on any atom is 0.459 e. The maximum absolute atomic E-state index is 13.9. The molecule has 31 heavy (non-hydrogen) atoms. The van der Waals surface area contributed by atoms with E-state index in [4.69, 9.17) is 4.65 Å². The number of ether oxygens (including phenoxy) is 1. The first-order valence-electron chi connectivity index (χ1n) is 8.75. The van der Waals surface area contributed by atoms with Gasteiger partial charge >= 0.3 is 26.2 Å². The molecule has 0 saturated carbocycles. The Morgan fingerprint density at radius 1 is 1.10 bits per heavy atom. The minimum atomic E-state index is -6.09. The van der Waals surface area contributed by atoms with Crippen molar-refractivity contribution >= 4 is 12.9 Å². The van der Waals surface area contributed by atoms with E-state index in [-0.39, 0.29) is 7.48 Å². The van der Waals surface area contributed by atoms with Crippen molar-refractivity contribution in [2.24, 2.45) is 7.05 Å². The van der Waals surface area contributed by atoms with Crippen molar-refractivity contribution < 1.29 is 45.2 Å². The molecule has 0 aliphatic carbocycles. The Hall–Kier alpha value is -2.29. The second kappa shape index (κ2) is 8.00. The highest BCUT2D eigenvalue weighted by molar-refractivity contribution is 6.46. The normalized spacial score (nSPS) is 13.7. The molecular formula is C16H20BF7N4O3. The zero-order valence-electron chi connectivity index (χ0n) is 17.1. The second-order valence-electron chi connectivity index (χ2n) is 7.73. The molecule has 7 nitrogen and oxygen atoms in total. The molecule has 0 atom stereocenters. The summed E-state index contributed by atoms with van der Waals surface area (Å²) in [6.07, 6.45) is -3.75. The topological polar surface area (TPSA) is 74.3 Å². The maximum atomic E-state index is 13.9. The number of hydrogen-bond acceptors (Lipinski definition) is 5. The molecule has 0 spiro atoms. The lowest BCUT2D eigenvalue weighted by Gasteiger charge is -2.37. The predicted octanol–water partition coefficient (Wildman–Crippen LogP) is 2.40. The average molecular weight is 460 g/mol. The van der Waals surface area contributed by atoms with E-state index in [1.165, 1.54) is 20.0 Å². The minimum Gasteiger partial charge on any atom is -0.428 e. The summed E-state index contributed by atoms with van der Waals surface area (Å²) in [5, 5.41) is 17.0. The fourth-order valence-corrected chi connectivity index (χ4v) is 2.28. The molecule has 0 saturated heterocycles. The number of aliphatic hydroxyl groups is 1. The van der Waals surface area contributed by atoms with E-state index in [9.17, 15) is 35.8 Å². The van der Waals surface area contributed by atoms with Crippen molar-refractivity contribution in [3.05, 3.63) is 18.1 Å². The van der Waals surface area contributed by atoms with Crippen molar-refractivity contribution in [3.63, 3.8) is 0 Å². The molecule has 0 amide bonds. The molecule has 15 heteroatoms. The van der Waals surface area contributed by atoms with Gasteiger partial charge in [0.05, 0.1) is 11.2 Å². The minimum absolute atomic E-state index is 0.133. The van der Waals surface area contributed by atoms with E-state index < -0.39 is 47.2 Å². The van der Waals surface area contributed by atoms with Crippen LogP contribution in [0.25, 0.3) is 5.82 Å². The highest BCUT2D eigenvalue weighted by Crippen LogP contribution is 2.48. The molecule has 2 rings (SSSR count). The first-order valence-corrected chi connectivity index (χ1v) is 8.75. The monoisotopic (exact) mass is 460 g/mol.